The van der Waals surface area contributed by atoms with Crippen LogP contribution in [0.1, 0.15) is 52.2 Å². The van der Waals surface area contributed by atoms with Gasteiger partial charge < -0.3 is 9.84 Å². The molecule has 1 aliphatic carbocycles. The van der Waals surface area contributed by atoms with E-state index in [1.54, 1.807) is 0 Å². The Morgan fingerprint density at radius 1 is 1.29 bits per heavy atom. The number of hydrogen-bond donors (Lipinski definition) is 1. The fourth-order valence-corrected chi connectivity index (χ4v) is 4.82. The largest absolute Gasteiger partial charge is 0.493 e. The van der Waals surface area contributed by atoms with Gasteiger partial charge in [0.1, 0.15) is 5.75 Å². The lowest BCUT2D eigenvalue weighted by Crippen LogP contribution is -2.16. The van der Waals surface area contributed by atoms with Crippen LogP contribution in [0.4, 0.5) is 0 Å². The van der Waals surface area contributed by atoms with Crippen molar-refractivity contribution in [1.29, 1.82) is 0 Å². The maximum absolute atomic E-state index is 10.6. The van der Waals surface area contributed by atoms with Crippen molar-refractivity contribution in [3.63, 3.8) is 0 Å². The molecule has 2 atom stereocenters. The molecule has 1 aromatic heterocycles. The average molecular weight is 300 g/mol. The van der Waals surface area contributed by atoms with Crippen LogP contribution in [0.25, 0.3) is 0 Å². The number of fused-ring (bicyclic) bond motifs is 2. The minimum Gasteiger partial charge on any atom is -0.493 e. The van der Waals surface area contributed by atoms with Crippen molar-refractivity contribution in [3.05, 3.63) is 51.2 Å². The molecule has 1 aliphatic heterocycles. The molecule has 0 spiro atoms. The normalized spacial score (nSPS) is 21.5. The number of aliphatic hydroxyl groups excluding tert-OH is 1. The van der Waals surface area contributed by atoms with Gasteiger partial charge in [0.15, 0.2) is 0 Å². The van der Waals surface area contributed by atoms with Crippen molar-refractivity contribution >= 4 is 11.3 Å². The van der Waals surface area contributed by atoms with Crippen molar-refractivity contribution in [2.75, 3.05) is 6.61 Å². The van der Waals surface area contributed by atoms with Crippen LogP contribution >= 0.6 is 11.3 Å². The van der Waals surface area contributed by atoms with E-state index >= 15 is 0 Å². The minimum absolute atomic E-state index is 0.336. The number of hydrogen-bond acceptors (Lipinski definition) is 3. The summed E-state index contributed by atoms with van der Waals surface area (Å²) in [7, 11) is 0. The number of aryl methyl sites for hydroxylation is 2. The molecule has 2 aromatic rings. The van der Waals surface area contributed by atoms with Crippen LogP contribution in [0.3, 0.4) is 0 Å². The lowest BCUT2D eigenvalue weighted by Gasteiger charge is -2.27. The summed E-state index contributed by atoms with van der Waals surface area (Å²) in [6, 6.07) is 10.5. The predicted octanol–water partition coefficient (Wildman–Crippen LogP) is 4.23. The van der Waals surface area contributed by atoms with Gasteiger partial charge in [-0.1, -0.05) is 18.2 Å². The second-order valence-electron chi connectivity index (χ2n) is 6.07. The maximum atomic E-state index is 10.6. The summed E-state index contributed by atoms with van der Waals surface area (Å²) in [4.78, 5) is 2.65. The third-order valence-electron chi connectivity index (χ3n) is 4.68. The number of rotatable bonds is 3. The highest BCUT2D eigenvalue weighted by molar-refractivity contribution is 7.12. The Morgan fingerprint density at radius 2 is 2.19 bits per heavy atom. The first-order valence-corrected chi connectivity index (χ1v) is 8.64. The fourth-order valence-electron chi connectivity index (χ4n) is 3.56. The van der Waals surface area contributed by atoms with Gasteiger partial charge in [-0.2, -0.15) is 0 Å². The van der Waals surface area contributed by atoms with Crippen LogP contribution in [-0.2, 0) is 12.8 Å². The number of para-hydroxylation sites is 1. The first-order valence-electron chi connectivity index (χ1n) is 7.82. The molecule has 1 N–H and O–H groups in total. The molecule has 0 radical (unpaired) electrons. The van der Waals surface area contributed by atoms with Gasteiger partial charge in [0.25, 0.3) is 0 Å². The van der Waals surface area contributed by atoms with E-state index in [9.17, 15) is 5.11 Å². The van der Waals surface area contributed by atoms with E-state index in [2.05, 4.69) is 18.2 Å². The van der Waals surface area contributed by atoms with E-state index in [1.807, 2.05) is 23.5 Å². The molecular weight excluding hydrogens is 280 g/mol. The van der Waals surface area contributed by atoms with Gasteiger partial charge in [0.2, 0.25) is 0 Å². The Hall–Kier alpha value is -1.32. The van der Waals surface area contributed by atoms with E-state index in [-0.39, 0.29) is 6.10 Å². The molecule has 0 amide bonds. The van der Waals surface area contributed by atoms with Gasteiger partial charge in [-0.25, -0.2) is 0 Å². The molecule has 0 saturated heterocycles. The highest BCUT2D eigenvalue weighted by Gasteiger charge is 2.26. The van der Waals surface area contributed by atoms with E-state index in [1.165, 1.54) is 35.3 Å². The lowest BCUT2D eigenvalue weighted by atomic mass is 9.88. The molecule has 110 valence electrons. The van der Waals surface area contributed by atoms with Crippen LogP contribution < -0.4 is 4.74 Å². The Kier molecular flexibility index (Phi) is 3.48. The van der Waals surface area contributed by atoms with E-state index in [0.29, 0.717) is 5.92 Å². The molecule has 0 bridgehead atoms. The maximum Gasteiger partial charge on any atom is 0.122 e. The molecule has 2 aliphatic rings. The molecule has 2 nitrogen and oxygen atoms in total. The third kappa shape index (κ3) is 2.49. The van der Waals surface area contributed by atoms with Gasteiger partial charge in [-0.15, -0.1) is 11.3 Å². The fraction of sp³-hybridized carbons (Fsp3) is 0.444. The summed E-state index contributed by atoms with van der Waals surface area (Å²) in [6.07, 6.45) is 5.15. The van der Waals surface area contributed by atoms with Gasteiger partial charge >= 0.3 is 0 Å². The SMILES string of the molecule is OC(CC1CCOc2ccccc21)c1cc2c(s1)CCC2. The van der Waals surface area contributed by atoms with Gasteiger partial charge in [0.05, 0.1) is 12.7 Å². The molecule has 3 heteroatoms. The average Bonchev–Trinajstić information content (AvgIpc) is 3.09. The standard InChI is InChI=1S/C18H20O2S/c19-15(18-11-13-4-3-7-17(13)21-18)10-12-8-9-20-16-6-2-1-5-14(12)16/h1-2,5-6,11-12,15,19H,3-4,7-10H2. The van der Waals surface area contributed by atoms with E-state index in [0.717, 1.165) is 30.1 Å². The Balaban J connectivity index is 1.53. The lowest BCUT2D eigenvalue weighted by molar-refractivity contribution is 0.148. The van der Waals surface area contributed by atoms with E-state index < -0.39 is 0 Å². The van der Waals surface area contributed by atoms with E-state index in [4.69, 9.17) is 4.74 Å². The quantitative estimate of drug-likeness (QED) is 0.919. The third-order valence-corrected chi connectivity index (χ3v) is 6.02. The Bertz CT molecular complexity index is 625. The monoisotopic (exact) mass is 300 g/mol. The summed E-state index contributed by atoms with van der Waals surface area (Å²) in [5, 5.41) is 10.6. The molecule has 2 unspecified atom stereocenters. The number of ether oxygens (including phenoxy) is 1. The smallest absolute Gasteiger partial charge is 0.122 e. The molecule has 0 fully saturated rings. The zero-order chi connectivity index (χ0) is 14.2. The van der Waals surface area contributed by atoms with Gasteiger partial charge in [0, 0.05) is 9.75 Å². The predicted molar refractivity (Wildman–Crippen MR) is 85.2 cm³/mol. The number of aliphatic hydroxyl groups is 1. The summed E-state index contributed by atoms with van der Waals surface area (Å²) in [6.45, 7) is 0.759. The summed E-state index contributed by atoms with van der Waals surface area (Å²) >= 11 is 1.82. The van der Waals surface area contributed by atoms with Gasteiger partial charge in [-0.3, -0.25) is 0 Å². The summed E-state index contributed by atoms with van der Waals surface area (Å²) < 4.78 is 5.71. The van der Waals surface area contributed by atoms with Crippen molar-refractivity contribution in [2.24, 2.45) is 0 Å². The molecular formula is C18H20O2S. The molecule has 4 rings (SSSR count). The van der Waals surface area contributed by atoms with Crippen molar-refractivity contribution in [3.8, 4) is 5.75 Å². The molecule has 1 aromatic carbocycles. The molecule has 0 saturated carbocycles. The Labute approximate surface area is 129 Å². The van der Waals surface area contributed by atoms with Crippen LogP contribution in [0, 0.1) is 0 Å². The minimum atomic E-state index is -0.336. The van der Waals surface area contributed by atoms with Crippen molar-refractivity contribution in [2.45, 2.75) is 44.1 Å². The van der Waals surface area contributed by atoms with Gasteiger partial charge in [-0.05, 0) is 61.3 Å². The topological polar surface area (TPSA) is 29.5 Å². The second-order valence-corrected chi connectivity index (χ2v) is 7.24. The summed E-state index contributed by atoms with van der Waals surface area (Å²) in [5.74, 6) is 1.40. The number of thiophene rings is 1. The number of benzene rings is 1. The first kappa shape index (κ1) is 13.4. The van der Waals surface area contributed by atoms with Crippen LogP contribution in [0.5, 0.6) is 5.75 Å². The van der Waals surface area contributed by atoms with Crippen LogP contribution in [-0.4, -0.2) is 11.7 Å². The van der Waals surface area contributed by atoms with Crippen molar-refractivity contribution < 1.29 is 9.84 Å². The van der Waals surface area contributed by atoms with Crippen LogP contribution in [0.2, 0.25) is 0 Å². The second kappa shape index (κ2) is 5.47. The van der Waals surface area contributed by atoms with Crippen molar-refractivity contribution in [1.82, 2.24) is 0 Å². The highest BCUT2D eigenvalue weighted by atomic mass is 32.1. The van der Waals surface area contributed by atoms with Crippen LogP contribution in [0.15, 0.2) is 30.3 Å². The Morgan fingerprint density at radius 3 is 3.10 bits per heavy atom. The first-order chi connectivity index (χ1) is 10.3. The zero-order valence-electron chi connectivity index (χ0n) is 12.0. The molecule has 2 heterocycles. The zero-order valence-corrected chi connectivity index (χ0v) is 12.9. The molecule has 21 heavy (non-hydrogen) atoms. The summed E-state index contributed by atoms with van der Waals surface area (Å²) in [5.41, 5.74) is 2.73. The highest BCUT2D eigenvalue weighted by Crippen LogP contribution is 2.41.